The maximum atomic E-state index is 13.0. The van der Waals surface area contributed by atoms with E-state index in [2.05, 4.69) is 21.2 Å². The summed E-state index contributed by atoms with van der Waals surface area (Å²) in [7, 11) is 0. The molecule has 1 rings (SSSR count). The van der Waals surface area contributed by atoms with Crippen LogP contribution in [0.1, 0.15) is 0 Å². The molecule has 2 N–H and O–H groups in total. The van der Waals surface area contributed by atoms with Gasteiger partial charge in [-0.3, -0.25) is 4.79 Å². The molecule has 0 saturated heterocycles. The van der Waals surface area contributed by atoms with Crippen molar-refractivity contribution in [1.29, 1.82) is 0 Å². The van der Waals surface area contributed by atoms with Crippen LogP contribution < -0.4 is 10.1 Å². The Morgan fingerprint density at radius 1 is 1.56 bits per heavy atom. The molecule has 88 valence electrons. The number of rotatable bonds is 5. The molecular weight excluding hydrogens is 281 g/mol. The maximum Gasteiger partial charge on any atom is 0.258 e. The van der Waals surface area contributed by atoms with Crippen LogP contribution >= 0.6 is 15.9 Å². The number of hydrogen-bond donors (Lipinski definition) is 2. The van der Waals surface area contributed by atoms with Gasteiger partial charge in [0.05, 0.1) is 11.1 Å². The first-order valence-electron chi connectivity index (χ1n) is 4.59. The van der Waals surface area contributed by atoms with E-state index in [9.17, 15) is 9.18 Å². The zero-order chi connectivity index (χ0) is 12.0. The third-order valence-corrected chi connectivity index (χ3v) is 2.34. The molecule has 0 aliphatic rings. The van der Waals surface area contributed by atoms with Crippen LogP contribution in [0.2, 0.25) is 0 Å². The number of ether oxygens (including phenoxy) is 1. The smallest absolute Gasteiger partial charge is 0.258 e. The first-order valence-corrected chi connectivity index (χ1v) is 5.38. The third-order valence-electron chi connectivity index (χ3n) is 1.69. The van der Waals surface area contributed by atoms with Gasteiger partial charge in [-0.1, -0.05) is 0 Å². The monoisotopic (exact) mass is 291 g/mol. The quantitative estimate of drug-likeness (QED) is 0.853. The molecule has 0 aliphatic carbocycles. The number of carbonyl (C=O) groups excluding carboxylic acids is 1. The molecule has 0 bridgehead atoms. The van der Waals surface area contributed by atoms with E-state index in [1.54, 1.807) is 6.07 Å². The SMILES string of the molecule is O=C(COc1ccc(Br)c(F)c1)NCCO. The maximum absolute atomic E-state index is 13.0. The first kappa shape index (κ1) is 12.9. The Kier molecular flexibility index (Phi) is 5.21. The van der Waals surface area contributed by atoms with Crippen molar-refractivity contribution in [2.75, 3.05) is 19.8 Å². The molecular formula is C10H11BrFNO3. The van der Waals surface area contributed by atoms with Gasteiger partial charge in [-0.05, 0) is 28.1 Å². The largest absolute Gasteiger partial charge is 0.484 e. The van der Waals surface area contributed by atoms with Gasteiger partial charge in [-0.15, -0.1) is 0 Å². The second-order valence-electron chi connectivity index (χ2n) is 2.94. The number of amides is 1. The Hall–Kier alpha value is -1.14. The van der Waals surface area contributed by atoms with Crippen LogP contribution in [0, 0.1) is 5.82 Å². The van der Waals surface area contributed by atoms with E-state index in [-0.39, 0.29) is 31.4 Å². The standard InChI is InChI=1S/C10H11BrFNO3/c11-8-2-1-7(5-9(8)12)16-6-10(15)13-3-4-14/h1-2,5,14H,3-4,6H2,(H,13,15). The van der Waals surface area contributed by atoms with Gasteiger partial charge in [0.1, 0.15) is 11.6 Å². The van der Waals surface area contributed by atoms with Crippen molar-refractivity contribution < 1.29 is 19.0 Å². The van der Waals surface area contributed by atoms with Crippen LogP contribution in [-0.4, -0.2) is 30.8 Å². The molecule has 0 heterocycles. The zero-order valence-electron chi connectivity index (χ0n) is 8.37. The second-order valence-corrected chi connectivity index (χ2v) is 3.79. The summed E-state index contributed by atoms with van der Waals surface area (Å²) in [6.07, 6.45) is 0. The number of nitrogens with one attached hydrogen (secondary N) is 1. The average molecular weight is 292 g/mol. The first-order chi connectivity index (χ1) is 7.63. The van der Waals surface area contributed by atoms with Gasteiger partial charge in [-0.2, -0.15) is 0 Å². The molecule has 1 aromatic carbocycles. The van der Waals surface area contributed by atoms with Crippen molar-refractivity contribution >= 4 is 21.8 Å². The molecule has 4 nitrogen and oxygen atoms in total. The van der Waals surface area contributed by atoms with E-state index in [0.717, 1.165) is 0 Å². The summed E-state index contributed by atoms with van der Waals surface area (Å²) in [5.74, 6) is -0.537. The minimum atomic E-state index is -0.451. The van der Waals surface area contributed by atoms with Gasteiger partial charge in [0.25, 0.3) is 5.91 Å². The lowest BCUT2D eigenvalue weighted by atomic mass is 10.3. The Morgan fingerprint density at radius 2 is 2.31 bits per heavy atom. The van der Waals surface area contributed by atoms with Crippen molar-refractivity contribution in [3.63, 3.8) is 0 Å². The molecule has 0 spiro atoms. The van der Waals surface area contributed by atoms with Crippen LogP contribution in [0.5, 0.6) is 5.75 Å². The summed E-state index contributed by atoms with van der Waals surface area (Å²) in [4.78, 5) is 11.1. The van der Waals surface area contributed by atoms with Crippen molar-refractivity contribution in [3.8, 4) is 5.75 Å². The van der Waals surface area contributed by atoms with E-state index in [4.69, 9.17) is 9.84 Å². The van der Waals surface area contributed by atoms with Crippen molar-refractivity contribution in [3.05, 3.63) is 28.5 Å². The van der Waals surface area contributed by atoms with Crippen molar-refractivity contribution in [2.45, 2.75) is 0 Å². The highest BCUT2D eigenvalue weighted by Gasteiger charge is 2.04. The minimum absolute atomic E-state index is 0.126. The molecule has 16 heavy (non-hydrogen) atoms. The van der Waals surface area contributed by atoms with Crippen LogP contribution in [0.25, 0.3) is 0 Å². The Morgan fingerprint density at radius 3 is 2.94 bits per heavy atom. The predicted octanol–water partition coefficient (Wildman–Crippen LogP) is 1.08. The Bertz CT molecular complexity index is 373. The number of benzene rings is 1. The van der Waals surface area contributed by atoms with Gasteiger partial charge in [-0.25, -0.2) is 4.39 Å². The van der Waals surface area contributed by atoms with E-state index >= 15 is 0 Å². The molecule has 1 amide bonds. The van der Waals surface area contributed by atoms with Gasteiger partial charge < -0.3 is 15.2 Å². The fourth-order valence-corrected chi connectivity index (χ4v) is 1.21. The average Bonchev–Trinajstić information content (AvgIpc) is 2.28. The molecule has 0 saturated carbocycles. The highest BCUT2D eigenvalue weighted by atomic mass is 79.9. The molecule has 0 aliphatic heterocycles. The fraction of sp³-hybridized carbons (Fsp3) is 0.300. The number of carbonyl (C=O) groups is 1. The lowest BCUT2D eigenvalue weighted by Gasteiger charge is -2.06. The lowest BCUT2D eigenvalue weighted by molar-refractivity contribution is -0.123. The predicted molar refractivity (Wildman–Crippen MR) is 59.7 cm³/mol. The summed E-state index contributed by atoms with van der Waals surface area (Å²) in [6, 6.07) is 4.23. The summed E-state index contributed by atoms with van der Waals surface area (Å²) in [5.41, 5.74) is 0. The van der Waals surface area contributed by atoms with Gasteiger partial charge >= 0.3 is 0 Å². The topological polar surface area (TPSA) is 58.6 Å². The number of hydrogen-bond acceptors (Lipinski definition) is 3. The summed E-state index contributed by atoms with van der Waals surface area (Å²) < 4.78 is 18.4. The van der Waals surface area contributed by atoms with Crippen LogP contribution in [-0.2, 0) is 4.79 Å². The second kappa shape index (κ2) is 6.44. The Labute approximate surface area is 101 Å². The number of halogens is 2. The molecule has 6 heteroatoms. The van der Waals surface area contributed by atoms with Gasteiger partial charge in [0.2, 0.25) is 0 Å². The van der Waals surface area contributed by atoms with Gasteiger partial charge in [0, 0.05) is 12.6 Å². The van der Waals surface area contributed by atoms with Crippen LogP contribution in [0.15, 0.2) is 22.7 Å². The molecule has 0 unspecified atom stereocenters. The summed E-state index contributed by atoms with van der Waals surface area (Å²) >= 11 is 3.01. The van der Waals surface area contributed by atoms with E-state index in [0.29, 0.717) is 4.47 Å². The molecule has 0 atom stereocenters. The number of aliphatic hydroxyl groups excluding tert-OH is 1. The van der Waals surface area contributed by atoms with E-state index < -0.39 is 5.82 Å². The third kappa shape index (κ3) is 4.16. The summed E-state index contributed by atoms with van der Waals surface area (Å²) in [5, 5.41) is 10.9. The molecule has 0 aromatic heterocycles. The van der Waals surface area contributed by atoms with Crippen LogP contribution in [0.4, 0.5) is 4.39 Å². The van der Waals surface area contributed by atoms with Crippen molar-refractivity contribution in [2.24, 2.45) is 0 Å². The Balaban J connectivity index is 2.42. The lowest BCUT2D eigenvalue weighted by Crippen LogP contribution is -2.31. The highest BCUT2D eigenvalue weighted by molar-refractivity contribution is 9.10. The van der Waals surface area contributed by atoms with E-state index in [1.807, 2.05) is 0 Å². The van der Waals surface area contributed by atoms with Gasteiger partial charge in [0.15, 0.2) is 6.61 Å². The zero-order valence-corrected chi connectivity index (χ0v) is 9.96. The molecule has 0 radical (unpaired) electrons. The van der Waals surface area contributed by atoms with Crippen LogP contribution in [0.3, 0.4) is 0 Å². The number of aliphatic hydroxyl groups is 1. The highest BCUT2D eigenvalue weighted by Crippen LogP contribution is 2.20. The fourth-order valence-electron chi connectivity index (χ4n) is 0.962. The van der Waals surface area contributed by atoms with E-state index in [1.165, 1.54) is 12.1 Å². The minimum Gasteiger partial charge on any atom is -0.484 e. The van der Waals surface area contributed by atoms with Crippen molar-refractivity contribution in [1.82, 2.24) is 5.32 Å². The molecule has 0 fully saturated rings. The summed E-state index contributed by atoms with van der Waals surface area (Å²) in [6.45, 7) is -0.156. The normalized spacial score (nSPS) is 9.94. The molecule has 1 aromatic rings.